The molecule has 1 aliphatic carbocycles. The number of benzene rings is 1. The topological polar surface area (TPSA) is 104 Å². The average molecular weight is 428 g/mol. The van der Waals surface area contributed by atoms with Crippen molar-refractivity contribution >= 4 is 22.9 Å². The summed E-state index contributed by atoms with van der Waals surface area (Å²) in [6, 6.07) is 6.27. The molecular weight excluding hydrogens is 394 g/mol. The first kappa shape index (κ1) is 23.0. The monoisotopic (exact) mass is 427 g/mol. The lowest BCUT2D eigenvalue weighted by molar-refractivity contribution is -0.143. The van der Waals surface area contributed by atoms with E-state index >= 15 is 0 Å². The second-order valence-corrected chi connectivity index (χ2v) is 9.01. The molecule has 168 valence electrons. The van der Waals surface area contributed by atoms with Crippen molar-refractivity contribution in [1.82, 2.24) is 15.3 Å². The first-order valence-corrected chi connectivity index (χ1v) is 10.9. The van der Waals surface area contributed by atoms with Gasteiger partial charge in [0.15, 0.2) is 0 Å². The van der Waals surface area contributed by atoms with Crippen molar-refractivity contribution in [3.05, 3.63) is 41.2 Å². The zero-order valence-corrected chi connectivity index (χ0v) is 18.8. The van der Waals surface area contributed by atoms with Gasteiger partial charge in [-0.25, -0.2) is 9.78 Å². The van der Waals surface area contributed by atoms with E-state index in [1.165, 1.54) is 11.1 Å². The molecule has 3 N–H and O–H groups in total. The summed E-state index contributed by atoms with van der Waals surface area (Å²) < 4.78 is 4.87. The van der Waals surface area contributed by atoms with Gasteiger partial charge in [-0.3, -0.25) is 4.79 Å². The van der Waals surface area contributed by atoms with Crippen LogP contribution in [-0.4, -0.2) is 46.7 Å². The number of aliphatic carboxylic acids is 1. The normalized spacial score (nSPS) is 21.3. The van der Waals surface area contributed by atoms with Gasteiger partial charge in [0.1, 0.15) is 19.0 Å². The lowest BCUT2D eigenvalue weighted by Crippen LogP contribution is -2.38. The third-order valence-electron chi connectivity index (χ3n) is 6.20. The number of aromatic amines is 1. The Morgan fingerprint density at radius 2 is 2.06 bits per heavy atom. The Labute approximate surface area is 183 Å². The van der Waals surface area contributed by atoms with Crippen LogP contribution in [0.2, 0.25) is 0 Å². The molecule has 1 aromatic heterocycles. The largest absolute Gasteiger partial charge is 0.480 e. The van der Waals surface area contributed by atoms with Crippen LogP contribution >= 0.6 is 0 Å². The molecule has 1 heterocycles. The smallest absolute Gasteiger partial charge is 0.329 e. The molecule has 0 spiro atoms. The zero-order valence-electron chi connectivity index (χ0n) is 18.8. The molecule has 0 fully saturated rings. The highest BCUT2D eigenvalue weighted by Gasteiger charge is 2.32. The molecule has 0 unspecified atom stereocenters. The number of aromatic nitrogens is 2. The molecule has 3 atom stereocenters. The van der Waals surface area contributed by atoms with Crippen LogP contribution in [0.25, 0.3) is 11.0 Å². The molecule has 2 aromatic rings. The van der Waals surface area contributed by atoms with Gasteiger partial charge < -0.3 is 20.1 Å². The van der Waals surface area contributed by atoms with E-state index in [1.54, 1.807) is 0 Å². The fourth-order valence-corrected chi connectivity index (χ4v) is 4.53. The number of carboxylic acids is 1. The number of carboxylic acid groups (broad SMARTS) is 1. The first-order valence-electron chi connectivity index (χ1n) is 10.9. The van der Waals surface area contributed by atoms with Gasteiger partial charge in [0.2, 0.25) is 5.91 Å². The van der Waals surface area contributed by atoms with Crippen LogP contribution < -0.4 is 5.32 Å². The van der Waals surface area contributed by atoms with Gasteiger partial charge in [0.05, 0.1) is 11.0 Å². The Morgan fingerprint density at radius 1 is 1.29 bits per heavy atom. The maximum absolute atomic E-state index is 12.0. The molecule has 1 aliphatic rings. The molecule has 1 aromatic carbocycles. The van der Waals surface area contributed by atoms with E-state index in [0.29, 0.717) is 24.3 Å². The Bertz CT molecular complexity index is 963. The second-order valence-electron chi connectivity index (χ2n) is 9.01. The second kappa shape index (κ2) is 10.1. The Morgan fingerprint density at radius 3 is 2.77 bits per heavy atom. The maximum Gasteiger partial charge on any atom is 0.329 e. The van der Waals surface area contributed by atoms with Gasteiger partial charge >= 0.3 is 5.97 Å². The SMILES string of the molecule is CC1=C[C@@H](CNC(=O)COCC(=O)O)[C@H](C(C)C)C[C@H]1Cc1nc2ccc(C)cc2[nH]1. The summed E-state index contributed by atoms with van der Waals surface area (Å²) in [5, 5.41) is 11.5. The summed E-state index contributed by atoms with van der Waals surface area (Å²) in [5.41, 5.74) is 4.63. The molecule has 0 bridgehead atoms. The Hall–Kier alpha value is -2.67. The molecule has 0 saturated heterocycles. The molecule has 31 heavy (non-hydrogen) atoms. The van der Waals surface area contributed by atoms with Crippen LogP contribution in [0.3, 0.4) is 0 Å². The number of nitrogens with one attached hydrogen (secondary N) is 2. The molecule has 3 rings (SSSR count). The van der Waals surface area contributed by atoms with Gasteiger partial charge in [0.25, 0.3) is 0 Å². The van der Waals surface area contributed by atoms with Gasteiger partial charge in [-0.15, -0.1) is 0 Å². The molecule has 1 amide bonds. The van der Waals surface area contributed by atoms with Crippen molar-refractivity contribution in [2.45, 2.75) is 40.5 Å². The predicted octanol–water partition coefficient (Wildman–Crippen LogP) is 3.49. The highest BCUT2D eigenvalue weighted by atomic mass is 16.5. The van der Waals surface area contributed by atoms with E-state index in [4.69, 9.17) is 14.8 Å². The van der Waals surface area contributed by atoms with Crippen molar-refractivity contribution in [1.29, 1.82) is 0 Å². The number of aryl methyl sites for hydroxylation is 1. The van der Waals surface area contributed by atoms with Crippen LogP contribution in [0.5, 0.6) is 0 Å². The third kappa shape index (κ3) is 6.17. The highest BCUT2D eigenvalue weighted by molar-refractivity contribution is 5.77. The number of hydrogen-bond acceptors (Lipinski definition) is 4. The number of amides is 1. The van der Waals surface area contributed by atoms with Gasteiger partial charge in [0, 0.05) is 13.0 Å². The van der Waals surface area contributed by atoms with Gasteiger partial charge in [-0.2, -0.15) is 0 Å². The standard InChI is InChI=1S/C24H33N3O4/c1-14(2)19-9-17(10-22-26-20-6-5-15(3)7-21(20)27-22)16(4)8-18(19)11-25-23(28)12-31-13-24(29)30/h5-8,14,17-19H,9-13H2,1-4H3,(H,25,28)(H,26,27)(H,29,30)/t17-,18-,19-/m0/s1. The maximum atomic E-state index is 12.0. The lowest BCUT2D eigenvalue weighted by atomic mass is 9.70. The van der Waals surface area contributed by atoms with Gasteiger partial charge in [-0.1, -0.05) is 31.6 Å². The average Bonchev–Trinajstić information content (AvgIpc) is 3.08. The number of H-pyrrole nitrogens is 1. The molecule has 0 saturated carbocycles. The quantitative estimate of drug-likeness (QED) is 0.532. The van der Waals surface area contributed by atoms with Crippen molar-refractivity contribution in [2.24, 2.45) is 23.7 Å². The number of fused-ring (bicyclic) bond motifs is 1. The highest BCUT2D eigenvalue weighted by Crippen LogP contribution is 2.38. The summed E-state index contributed by atoms with van der Waals surface area (Å²) in [6.07, 6.45) is 4.22. The summed E-state index contributed by atoms with van der Waals surface area (Å²) in [6.45, 7) is 8.54. The number of carbonyl (C=O) groups excluding carboxylic acids is 1. The van der Waals surface area contributed by atoms with Crippen LogP contribution in [0, 0.1) is 30.6 Å². The fourth-order valence-electron chi connectivity index (χ4n) is 4.53. The molecule has 7 nitrogen and oxygen atoms in total. The van der Waals surface area contributed by atoms with Crippen molar-refractivity contribution in [3.63, 3.8) is 0 Å². The van der Waals surface area contributed by atoms with Crippen LogP contribution in [0.1, 0.15) is 38.6 Å². The number of hydrogen-bond donors (Lipinski definition) is 3. The summed E-state index contributed by atoms with van der Waals surface area (Å²) >= 11 is 0. The Kier molecular flexibility index (Phi) is 7.49. The van der Waals surface area contributed by atoms with E-state index in [0.717, 1.165) is 29.7 Å². The minimum Gasteiger partial charge on any atom is -0.480 e. The fraction of sp³-hybridized carbons (Fsp3) is 0.542. The summed E-state index contributed by atoms with van der Waals surface area (Å²) in [4.78, 5) is 30.7. The van der Waals surface area contributed by atoms with Crippen LogP contribution in [0.15, 0.2) is 29.8 Å². The van der Waals surface area contributed by atoms with E-state index in [1.807, 2.05) is 0 Å². The predicted molar refractivity (Wildman–Crippen MR) is 120 cm³/mol. The van der Waals surface area contributed by atoms with Gasteiger partial charge in [-0.05, 0) is 61.6 Å². The van der Waals surface area contributed by atoms with Crippen molar-refractivity contribution < 1.29 is 19.4 Å². The molecular formula is C24H33N3O4. The lowest BCUT2D eigenvalue weighted by Gasteiger charge is -2.37. The Balaban J connectivity index is 1.64. The minimum absolute atomic E-state index is 0.234. The first-order chi connectivity index (χ1) is 14.7. The van der Waals surface area contributed by atoms with E-state index in [9.17, 15) is 9.59 Å². The van der Waals surface area contributed by atoms with Crippen LogP contribution in [-0.2, 0) is 20.7 Å². The number of imidazole rings is 1. The number of ether oxygens (including phenoxy) is 1. The van der Waals surface area contributed by atoms with Crippen molar-refractivity contribution in [3.8, 4) is 0 Å². The number of allylic oxidation sites excluding steroid dienone is 1. The molecule has 0 radical (unpaired) electrons. The summed E-state index contributed by atoms with van der Waals surface area (Å²) in [5.74, 6) is 1.25. The number of nitrogens with zero attached hydrogens (tertiary/aromatic N) is 1. The van der Waals surface area contributed by atoms with E-state index in [2.05, 4.69) is 62.3 Å². The molecule has 7 heteroatoms. The minimum atomic E-state index is -1.08. The van der Waals surface area contributed by atoms with Crippen LogP contribution in [0.4, 0.5) is 0 Å². The van der Waals surface area contributed by atoms with E-state index < -0.39 is 12.6 Å². The summed E-state index contributed by atoms with van der Waals surface area (Å²) in [7, 11) is 0. The number of rotatable bonds is 9. The molecule has 0 aliphatic heterocycles. The zero-order chi connectivity index (χ0) is 22.5. The number of carbonyl (C=O) groups is 2. The van der Waals surface area contributed by atoms with Crippen molar-refractivity contribution in [2.75, 3.05) is 19.8 Å². The third-order valence-corrected chi connectivity index (χ3v) is 6.20. The van der Waals surface area contributed by atoms with E-state index in [-0.39, 0.29) is 18.4 Å².